The molecule has 0 fully saturated rings. The van der Waals surface area contributed by atoms with E-state index in [0.717, 1.165) is 23.5 Å². The van der Waals surface area contributed by atoms with Gasteiger partial charge in [-0.15, -0.1) is 0 Å². The van der Waals surface area contributed by atoms with Crippen LogP contribution < -0.4 is 4.90 Å². The summed E-state index contributed by atoms with van der Waals surface area (Å²) < 4.78 is 0. The van der Waals surface area contributed by atoms with Crippen molar-refractivity contribution in [3.8, 4) is 22.3 Å². The predicted molar refractivity (Wildman–Crippen MR) is 244 cm³/mol. The Labute approximate surface area is 341 Å². The molecule has 11 rings (SSSR count). The van der Waals surface area contributed by atoms with Crippen molar-refractivity contribution in [2.75, 3.05) is 4.90 Å². The topological polar surface area (TPSA) is 3.24 Å². The van der Waals surface area contributed by atoms with Crippen LogP contribution in [0.1, 0.15) is 53.6 Å². The van der Waals surface area contributed by atoms with Gasteiger partial charge >= 0.3 is 0 Å². The number of anilines is 3. The van der Waals surface area contributed by atoms with Gasteiger partial charge < -0.3 is 4.90 Å². The molecule has 0 amide bonds. The molecular formula is C57H43N. The maximum atomic E-state index is 2.49. The third kappa shape index (κ3) is 5.16. The van der Waals surface area contributed by atoms with Crippen LogP contribution in [0.15, 0.2) is 218 Å². The lowest BCUT2D eigenvalue weighted by molar-refractivity contribution is 0.660. The SMILES string of the molecule is CC1(C)c2ccccc2-c2ccc(N(c3ccc(-c4ccc5ccccc5c4)cc3)c3ccc4c(c3)C(c3ccccc3)(c3ccccc3)C3=CC=CCC=C34)cc21. The van der Waals surface area contributed by atoms with Crippen molar-refractivity contribution < 1.29 is 0 Å². The van der Waals surface area contributed by atoms with Crippen LogP contribution in [0.5, 0.6) is 0 Å². The summed E-state index contributed by atoms with van der Waals surface area (Å²) in [6, 6.07) is 70.0. The Morgan fingerprint density at radius 2 is 1.03 bits per heavy atom. The lowest BCUT2D eigenvalue weighted by Crippen LogP contribution is -2.29. The Kier molecular flexibility index (Phi) is 7.88. The molecule has 0 heterocycles. The molecule has 276 valence electrons. The smallest absolute Gasteiger partial charge is 0.0714 e. The first-order valence-electron chi connectivity index (χ1n) is 20.5. The predicted octanol–water partition coefficient (Wildman–Crippen LogP) is 14.9. The van der Waals surface area contributed by atoms with E-state index in [1.165, 1.54) is 77.6 Å². The molecule has 0 aliphatic heterocycles. The zero-order valence-corrected chi connectivity index (χ0v) is 32.9. The second-order valence-corrected chi connectivity index (χ2v) is 16.4. The normalized spacial score (nSPS) is 15.4. The van der Waals surface area contributed by atoms with E-state index in [1.54, 1.807) is 0 Å². The lowest BCUT2D eigenvalue weighted by atomic mass is 9.67. The van der Waals surface area contributed by atoms with E-state index in [0.29, 0.717) is 0 Å². The van der Waals surface area contributed by atoms with Gasteiger partial charge in [-0.05, 0) is 126 Å². The lowest BCUT2D eigenvalue weighted by Gasteiger charge is -2.35. The van der Waals surface area contributed by atoms with Crippen LogP contribution in [0.25, 0.3) is 38.6 Å². The molecule has 0 unspecified atom stereocenters. The highest BCUT2D eigenvalue weighted by molar-refractivity contribution is 5.97. The molecule has 1 heteroatoms. The van der Waals surface area contributed by atoms with E-state index >= 15 is 0 Å². The molecule has 0 saturated carbocycles. The van der Waals surface area contributed by atoms with Gasteiger partial charge in [0.2, 0.25) is 0 Å². The van der Waals surface area contributed by atoms with E-state index in [2.05, 4.69) is 231 Å². The second kappa shape index (κ2) is 13.3. The van der Waals surface area contributed by atoms with Crippen molar-refractivity contribution in [2.24, 2.45) is 0 Å². The monoisotopic (exact) mass is 741 g/mol. The first-order valence-corrected chi connectivity index (χ1v) is 20.5. The molecule has 0 spiro atoms. The highest BCUT2D eigenvalue weighted by atomic mass is 15.1. The van der Waals surface area contributed by atoms with Gasteiger partial charge in [0, 0.05) is 22.5 Å². The average molecular weight is 742 g/mol. The molecule has 0 bridgehead atoms. The standard InChI is InChI=1S/C57H43N/c1-56(2)52-24-15-14-23-48(52)50-34-32-46(37-54(50)56)58(45-30-28-40(29-31-45)42-27-26-39-16-12-13-17-41(39)36-42)47-33-35-51-49-22-10-5-11-25-53(49)57(55(51)38-47,43-18-6-3-7-19-43)44-20-8-4-9-21-44/h3-9,11-38H,10H2,1-2H3. The fourth-order valence-electron chi connectivity index (χ4n) is 10.2. The van der Waals surface area contributed by atoms with Crippen molar-refractivity contribution in [3.05, 3.63) is 251 Å². The van der Waals surface area contributed by atoms with Crippen LogP contribution in [-0.4, -0.2) is 0 Å². The average Bonchev–Trinajstić information content (AvgIpc) is 3.51. The van der Waals surface area contributed by atoms with Gasteiger partial charge in [0.15, 0.2) is 0 Å². The number of nitrogens with zero attached hydrogens (tertiary/aromatic N) is 1. The Bertz CT molecular complexity index is 2940. The first-order chi connectivity index (χ1) is 28.5. The first kappa shape index (κ1) is 34.3. The van der Waals surface area contributed by atoms with Crippen LogP contribution in [0.3, 0.4) is 0 Å². The summed E-state index contributed by atoms with van der Waals surface area (Å²) >= 11 is 0. The molecule has 0 N–H and O–H groups in total. The summed E-state index contributed by atoms with van der Waals surface area (Å²) in [4.78, 5) is 2.47. The molecule has 8 aromatic carbocycles. The van der Waals surface area contributed by atoms with Gasteiger partial charge in [0.1, 0.15) is 0 Å². The maximum absolute atomic E-state index is 2.49. The van der Waals surface area contributed by atoms with Crippen LogP contribution in [0, 0.1) is 0 Å². The number of hydrogen-bond acceptors (Lipinski definition) is 1. The van der Waals surface area contributed by atoms with Crippen molar-refractivity contribution >= 4 is 33.4 Å². The molecular weight excluding hydrogens is 699 g/mol. The molecule has 0 atom stereocenters. The number of benzene rings is 8. The summed E-state index contributed by atoms with van der Waals surface area (Å²) in [7, 11) is 0. The number of allylic oxidation sites excluding steroid dienone is 6. The summed E-state index contributed by atoms with van der Waals surface area (Å²) in [5.74, 6) is 0. The largest absolute Gasteiger partial charge is 0.310 e. The van der Waals surface area contributed by atoms with Gasteiger partial charge in [-0.1, -0.05) is 184 Å². The number of rotatable bonds is 6. The number of hydrogen-bond donors (Lipinski definition) is 0. The molecule has 0 saturated heterocycles. The molecule has 0 aromatic heterocycles. The maximum Gasteiger partial charge on any atom is 0.0714 e. The van der Waals surface area contributed by atoms with Crippen molar-refractivity contribution in [1.29, 1.82) is 0 Å². The van der Waals surface area contributed by atoms with Gasteiger partial charge in [-0.25, -0.2) is 0 Å². The molecule has 8 aromatic rings. The quantitative estimate of drug-likeness (QED) is 0.164. The fraction of sp³-hybridized carbons (Fsp3) is 0.0877. The van der Waals surface area contributed by atoms with Crippen molar-refractivity contribution in [1.82, 2.24) is 0 Å². The minimum atomic E-state index is -0.498. The molecule has 58 heavy (non-hydrogen) atoms. The highest BCUT2D eigenvalue weighted by Gasteiger charge is 2.48. The Morgan fingerprint density at radius 1 is 0.448 bits per heavy atom. The highest BCUT2D eigenvalue weighted by Crippen LogP contribution is 2.59. The summed E-state index contributed by atoms with van der Waals surface area (Å²) in [5.41, 5.74) is 18.4. The summed E-state index contributed by atoms with van der Waals surface area (Å²) in [5, 5.41) is 2.51. The molecule has 1 nitrogen and oxygen atoms in total. The van der Waals surface area contributed by atoms with E-state index in [4.69, 9.17) is 0 Å². The second-order valence-electron chi connectivity index (χ2n) is 16.4. The fourth-order valence-corrected chi connectivity index (χ4v) is 10.2. The van der Waals surface area contributed by atoms with Crippen LogP contribution in [-0.2, 0) is 10.8 Å². The van der Waals surface area contributed by atoms with Crippen molar-refractivity contribution in [2.45, 2.75) is 31.1 Å². The minimum absolute atomic E-state index is 0.123. The minimum Gasteiger partial charge on any atom is -0.310 e. The molecule has 3 aliphatic carbocycles. The van der Waals surface area contributed by atoms with Crippen LogP contribution in [0.4, 0.5) is 17.1 Å². The van der Waals surface area contributed by atoms with Gasteiger partial charge in [0.25, 0.3) is 0 Å². The molecule has 0 radical (unpaired) electrons. The van der Waals surface area contributed by atoms with E-state index in [9.17, 15) is 0 Å². The Balaban J connectivity index is 1.13. The Hall–Kier alpha value is -6.96. The van der Waals surface area contributed by atoms with Gasteiger partial charge in [-0.2, -0.15) is 0 Å². The summed E-state index contributed by atoms with van der Waals surface area (Å²) in [6.07, 6.45) is 10.2. The molecule has 3 aliphatic rings. The van der Waals surface area contributed by atoms with Gasteiger partial charge in [-0.3, -0.25) is 0 Å². The third-order valence-electron chi connectivity index (χ3n) is 13.0. The van der Waals surface area contributed by atoms with Crippen LogP contribution >= 0.6 is 0 Å². The van der Waals surface area contributed by atoms with E-state index in [-0.39, 0.29) is 5.41 Å². The zero-order chi connectivity index (χ0) is 38.8. The Morgan fingerprint density at radius 3 is 1.78 bits per heavy atom. The third-order valence-corrected chi connectivity index (χ3v) is 13.0. The van der Waals surface area contributed by atoms with E-state index in [1.807, 2.05) is 0 Å². The zero-order valence-electron chi connectivity index (χ0n) is 32.9. The van der Waals surface area contributed by atoms with E-state index < -0.39 is 5.41 Å². The van der Waals surface area contributed by atoms with Crippen LogP contribution in [0.2, 0.25) is 0 Å². The number of fused-ring (bicyclic) bond motifs is 7. The van der Waals surface area contributed by atoms with Crippen molar-refractivity contribution in [3.63, 3.8) is 0 Å². The summed E-state index contributed by atoms with van der Waals surface area (Å²) in [6.45, 7) is 4.74. The van der Waals surface area contributed by atoms with Gasteiger partial charge in [0.05, 0.1) is 5.41 Å².